The standard InChI is InChI=1S/C32H41N3O5S/c1-24(2)12-20-39-32(37)40-23-35-29-22-26(10-8-25(29)9-11-31(35)36)38-19-4-3-14-33-15-17-34(18-16-33)28-6-5-7-30-27(28)13-21-41-30/h5-11,13,21-22,24,32,37H,3-4,12,14-20,23H2,1-2H3. The average Bonchev–Trinajstić information content (AvgIpc) is 3.46. The van der Waals surface area contributed by atoms with Gasteiger partial charge in [0.1, 0.15) is 12.5 Å². The van der Waals surface area contributed by atoms with Crippen LogP contribution in [-0.2, 0) is 16.2 Å². The third kappa shape index (κ3) is 7.87. The molecule has 8 nitrogen and oxygen atoms in total. The first-order chi connectivity index (χ1) is 20.0. The van der Waals surface area contributed by atoms with E-state index in [4.69, 9.17) is 14.2 Å². The molecule has 3 heterocycles. The summed E-state index contributed by atoms with van der Waals surface area (Å²) in [7, 11) is 0. The molecule has 220 valence electrons. The molecular formula is C32H41N3O5S. The van der Waals surface area contributed by atoms with Crippen LogP contribution in [0.2, 0.25) is 0 Å². The Kier molecular flexibility index (Phi) is 10.3. The van der Waals surface area contributed by atoms with E-state index in [1.807, 2.05) is 18.2 Å². The molecule has 4 aromatic rings. The number of piperazine rings is 1. The number of fused-ring (bicyclic) bond motifs is 2. The second-order valence-corrected chi connectivity index (χ2v) is 11.9. The van der Waals surface area contributed by atoms with Crippen LogP contribution in [0.3, 0.4) is 0 Å². The van der Waals surface area contributed by atoms with Crippen molar-refractivity contribution in [2.75, 3.05) is 50.8 Å². The van der Waals surface area contributed by atoms with Crippen LogP contribution < -0.4 is 15.2 Å². The zero-order valence-electron chi connectivity index (χ0n) is 24.0. The van der Waals surface area contributed by atoms with Crippen molar-refractivity contribution in [2.24, 2.45) is 5.92 Å². The van der Waals surface area contributed by atoms with E-state index in [2.05, 4.69) is 53.3 Å². The molecular weight excluding hydrogens is 538 g/mol. The van der Waals surface area contributed by atoms with Gasteiger partial charge < -0.3 is 24.2 Å². The highest BCUT2D eigenvalue weighted by atomic mass is 32.1. The van der Waals surface area contributed by atoms with Crippen molar-refractivity contribution in [1.29, 1.82) is 0 Å². The molecule has 1 N–H and O–H groups in total. The lowest BCUT2D eigenvalue weighted by molar-refractivity contribution is -0.277. The van der Waals surface area contributed by atoms with Gasteiger partial charge in [0, 0.05) is 54.1 Å². The lowest BCUT2D eigenvalue weighted by Gasteiger charge is -2.36. The summed E-state index contributed by atoms with van der Waals surface area (Å²) in [5.74, 6) is 1.18. The first-order valence-electron chi connectivity index (χ1n) is 14.6. The Morgan fingerprint density at radius 3 is 2.61 bits per heavy atom. The molecule has 1 unspecified atom stereocenters. The van der Waals surface area contributed by atoms with E-state index in [0.29, 0.717) is 30.4 Å². The maximum Gasteiger partial charge on any atom is 0.270 e. The van der Waals surface area contributed by atoms with Crippen LogP contribution in [0.1, 0.15) is 33.1 Å². The molecule has 1 aliphatic rings. The normalized spacial score (nSPS) is 15.3. The number of aliphatic hydroxyl groups is 1. The molecule has 5 rings (SSSR count). The molecule has 0 aliphatic carbocycles. The number of rotatable bonds is 14. The van der Waals surface area contributed by atoms with Gasteiger partial charge in [0.25, 0.3) is 12.0 Å². The third-order valence-electron chi connectivity index (χ3n) is 7.59. The summed E-state index contributed by atoms with van der Waals surface area (Å²) >= 11 is 1.80. The zero-order valence-corrected chi connectivity index (χ0v) is 24.9. The Morgan fingerprint density at radius 2 is 1.78 bits per heavy atom. The van der Waals surface area contributed by atoms with Crippen LogP contribution in [0.5, 0.6) is 5.75 Å². The quantitative estimate of drug-likeness (QED) is 0.156. The summed E-state index contributed by atoms with van der Waals surface area (Å²) < 4.78 is 19.6. The Morgan fingerprint density at radius 1 is 0.951 bits per heavy atom. The van der Waals surface area contributed by atoms with Crippen LogP contribution in [-0.4, -0.2) is 67.0 Å². The molecule has 1 aliphatic heterocycles. The van der Waals surface area contributed by atoms with Gasteiger partial charge in [-0.1, -0.05) is 19.9 Å². The van der Waals surface area contributed by atoms with Crippen molar-refractivity contribution < 1.29 is 19.3 Å². The number of benzene rings is 2. The minimum atomic E-state index is -1.38. The van der Waals surface area contributed by atoms with Crippen LogP contribution in [0.25, 0.3) is 21.0 Å². The lowest BCUT2D eigenvalue weighted by atomic mass is 10.1. The first-order valence-corrected chi connectivity index (χ1v) is 15.5. The summed E-state index contributed by atoms with van der Waals surface area (Å²) in [6.07, 6.45) is 2.84. The van der Waals surface area contributed by atoms with Gasteiger partial charge in [-0.25, -0.2) is 0 Å². The van der Waals surface area contributed by atoms with Gasteiger partial charge in [-0.05, 0) is 78.9 Å². The summed E-state index contributed by atoms with van der Waals surface area (Å²) in [5, 5.41) is 14.4. The van der Waals surface area contributed by atoms with Crippen molar-refractivity contribution in [2.45, 2.75) is 46.3 Å². The minimum Gasteiger partial charge on any atom is -0.494 e. The summed E-state index contributed by atoms with van der Waals surface area (Å²) in [6.45, 7) is 8.99. The molecule has 1 saturated heterocycles. The number of hydrogen-bond acceptors (Lipinski definition) is 8. The third-order valence-corrected chi connectivity index (χ3v) is 8.47. The van der Waals surface area contributed by atoms with Gasteiger partial charge in [-0.3, -0.25) is 14.3 Å². The van der Waals surface area contributed by atoms with Crippen molar-refractivity contribution in [3.8, 4) is 5.75 Å². The Bertz CT molecular complexity index is 1460. The highest BCUT2D eigenvalue weighted by Crippen LogP contribution is 2.31. The van der Waals surface area contributed by atoms with Gasteiger partial charge in [0.2, 0.25) is 0 Å². The van der Waals surface area contributed by atoms with Crippen LogP contribution in [0.15, 0.2) is 64.8 Å². The number of pyridine rings is 1. The van der Waals surface area contributed by atoms with E-state index < -0.39 is 6.48 Å². The number of aliphatic hydroxyl groups excluding tert-OH is 1. The predicted molar refractivity (Wildman–Crippen MR) is 166 cm³/mol. The fraction of sp³-hybridized carbons (Fsp3) is 0.469. The number of thiophene rings is 1. The van der Waals surface area contributed by atoms with Crippen molar-refractivity contribution in [3.05, 3.63) is 70.3 Å². The fourth-order valence-corrected chi connectivity index (χ4v) is 5.98. The maximum absolute atomic E-state index is 12.6. The van der Waals surface area contributed by atoms with Gasteiger partial charge in [0.15, 0.2) is 0 Å². The van der Waals surface area contributed by atoms with Gasteiger partial charge >= 0.3 is 0 Å². The SMILES string of the molecule is CC(C)CCOC(O)OCn1c(=O)ccc2ccc(OCCCCN3CCN(c4cccc5sccc45)CC3)cc21. The fourth-order valence-electron chi connectivity index (χ4n) is 5.18. The van der Waals surface area contributed by atoms with Crippen molar-refractivity contribution in [3.63, 3.8) is 0 Å². The topological polar surface area (TPSA) is 76.4 Å². The molecule has 0 amide bonds. The molecule has 1 fully saturated rings. The molecule has 0 spiro atoms. The molecule has 0 bridgehead atoms. The zero-order chi connectivity index (χ0) is 28.6. The molecule has 2 aromatic heterocycles. The summed E-state index contributed by atoms with van der Waals surface area (Å²) in [4.78, 5) is 17.6. The maximum atomic E-state index is 12.6. The Labute approximate surface area is 245 Å². The Balaban J connectivity index is 1.06. The average molecular weight is 580 g/mol. The highest BCUT2D eigenvalue weighted by Gasteiger charge is 2.18. The van der Waals surface area contributed by atoms with E-state index in [9.17, 15) is 9.90 Å². The smallest absolute Gasteiger partial charge is 0.270 e. The van der Waals surface area contributed by atoms with E-state index in [1.54, 1.807) is 17.4 Å². The molecule has 1 atom stereocenters. The van der Waals surface area contributed by atoms with Crippen molar-refractivity contribution in [1.82, 2.24) is 9.47 Å². The van der Waals surface area contributed by atoms with E-state index in [1.165, 1.54) is 26.4 Å². The van der Waals surface area contributed by atoms with E-state index in [-0.39, 0.29) is 12.3 Å². The molecule has 9 heteroatoms. The lowest BCUT2D eigenvalue weighted by Crippen LogP contribution is -2.46. The Hall–Kier alpha value is -2.95. The summed E-state index contributed by atoms with van der Waals surface area (Å²) in [6, 6.07) is 17.9. The number of ether oxygens (including phenoxy) is 3. The van der Waals surface area contributed by atoms with Crippen LogP contribution in [0.4, 0.5) is 5.69 Å². The minimum absolute atomic E-state index is 0.113. The molecule has 0 radical (unpaired) electrons. The second kappa shape index (κ2) is 14.3. The van der Waals surface area contributed by atoms with Crippen LogP contribution in [0, 0.1) is 5.92 Å². The monoisotopic (exact) mass is 579 g/mol. The van der Waals surface area contributed by atoms with Crippen molar-refractivity contribution >= 4 is 38.0 Å². The predicted octanol–water partition coefficient (Wildman–Crippen LogP) is 5.51. The van der Waals surface area contributed by atoms with Gasteiger partial charge in [-0.15, -0.1) is 11.3 Å². The van der Waals surface area contributed by atoms with E-state index >= 15 is 0 Å². The largest absolute Gasteiger partial charge is 0.494 e. The number of aromatic nitrogens is 1. The summed E-state index contributed by atoms with van der Waals surface area (Å²) in [5.41, 5.74) is 1.84. The molecule has 0 saturated carbocycles. The number of nitrogens with zero attached hydrogens (tertiary/aromatic N) is 3. The number of anilines is 1. The molecule has 2 aromatic carbocycles. The number of unbranched alkanes of at least 4 members (excludes halogenated alkanes) is 1. The van der Waals surface area contributed by atoms with Crippen LogP contribution >= 0.6 is 11.3 Å². The van der Waals surface area contributed by atoms with E-state index in [0.717, 1.165) is 57.4 Å². The number of hydrogen-bond donors (Lipinski definition) is 1. The first kappa shape index (κ1) is 29.5. The highest BCUT2D eigenvalue weighted by molar-refractivity contribution is 7.17. The van der Waals surface area contributed by atoms with Gasteiger partial charge in [0.05, 0.1) is 18.7 Å². The van der Waals surface area contributed by atoms with Gasteiger partial charge in [-0.2, -0.15) is 0 Å². The second-order valence-electron chi connectivity index (χ2n) is 11.0. The molecule has 41 heavy (non-hydrogen) atoms.